The Hall–Kier alpha value is -1.70. The fourth-order valence-corrected chi connectivity index (χ4v) is 3.48. The Morgan fingerprint density at radius 2 is 1.95 bits per heavy atom. The first-order chi connectivity index (χ1) is 9.61. The van der Waals surface area contributed by atoms with Gasteiger partial charge in [-0.1, -0.05) is 0 Å². The minimum atomic E-state index is -0.731. The van der Waals surface area contributed by atoms with E-state index in [1.807, 2.05) is 4.90 Å². The van der Waals surface area contributed by atoms with Gasteiger partial charge >= 0.3 is 12.0 Å². The van der Waals surface area contributed by atoms with Gasteiger partial charge in [-0.3, -0.25) is 4.79 Å². The molecule has 5 nitrogen and oxygen atoms in total. The van der Waals surface area contributed by atoms with Crippen molar-refractivity contribution in [1.82, 2.24) is 10.2 Å². The van der Waals surface area contributed by atoms with Crippen LogP contribution in [0.3, 0.4) is 0 Å². The van der Waals surface area contributed by atoms with Crippen molar-refractivity contribution in [3.05, 3.63) is 0 Å². The van der Waals surface area contributed by atoms with Crippen molar-refractivity contribution in [3.63, 3.8) is 0 Å². The maximum atomic E-state index is 12.2. The van der Waals surface area contributed by atoms with Crippen molar-refractivity contribution < 1.29 is 14.7 Å². The average molecular weight is 278 g/mol. The normalized spacial score (nSPS) is 27.6. The zero-order valence-corrected chi connectivity index (χ0v) is 11.9. The van der Waals surface area contributed by atoms with Gasteiger partial charge < -0.3 is 15.3 Å². The smallest absolute Gasteiger partial charge is 0.317 e. The molecule has 2 saturated heterocycles. The van der Waals surface area contributed by atoms with Crippen LogP contribution in [0.5, 0.6) is 0 Å². The maximum Gasteiger partial charge on any atom is 0.317 e. The molecule has 2 N–H and O–H groups in total. The highest BCUT2D eigenvalue weighted by atomic mass is 16.4. The van der Waals surface area contributed by atoms with E-state index in [-0.39, 0.29) is 30.5 Å². The van der Waals surface area contributed by atoms with Crippen LogP contribution < -0.4 is 5.32 Å². The second kappa shape index (κ2) is 6.65. The van der Waals surface area contributed by atoms with Crippen molar-refractivity contribution in [1.29, 1.82) is 0 Å². The fraction of sp³-hybridized carbons (Fsp3) is 0.733. The summed E-state index contributed by atoms with van der Waals surface area (Å²) in [6.45, 7) is 2.36. The van der Waals surface area contributed by atoms with Crippen molar-refractivity contribution in [2.24, 2.45) is 5.92 Å². The number of carboxylic acid groups (broad SMARTS) is 1. The molecule has 2 heterocycles. The summed E-state index contributed by atoms with van der Waals surface area (Å²) in [7, 11) is 0. The van der Waals surface area contributed by atoms with Crippen LogP contribution >= 0.6 is 0 Å². The van der Waals surface area contributed by atoms with Crippen LogP contribution in [0, 0.1) is 17.8 Å². The topological polar surface area (TPSA) is 69.6 Å². The van der Waals surface area contributed by atoms with Gasteiger partial charge in [0.25, 0.3) is 0 Å². The zero-order chi connectivity index (χ0) is 14.5. The molecular formula is C15H22N2O3. The molecule has 0 aliphatic carbocycles. The fourth-order valence-electron chi connectivity index (χ4n) is 3.48. The molecule has 0 aromatic carbocycles. The van der Waals surface area contributed by atoms with Gasteiger partial charge in [0.15, 0.2) is 0 Å². The highest BCUT2D eigenvalue weighted by molar-refractivity contribution is 5.75. The standard InChI is InChI=1S/C15H22N2O3/c1-2-3-4-7-16-15(20)17-12-5-6-13(17)9-11(8-12)10-14(18)19/h11-13H,4-10H2,1H3,(H,16,20)(H,18,19). The Bertz CT molecular complexity index is 424. The number of nitrogens with zero attached hydrogens (tertiary/aromatic N) is 1. The number of piperidine rings is 1. The lowest BCUT2D eigenvalue weighted by Crippen LogP contribution is -2.51. The molecule has 2 bridgehead atoms. The molecule has 2 aliphatic heterocycles. The molecular weight excluding hydrogens is 256 g/mol. The molecule has 0 spiro atoms. The summed E-state index contributed by atoms with van der Waals surface area (Å²) in [4.78, 5) is 25.0. The lowest BCUT2D eigenvalue weighted by molar-refractivity contribution is -0.138. The number of carbonyl (C=O) groups excluding carboxylic acids is 1. The SMILES string of the molecule is CC#CCCNC(=O)N1C2CCC1CC(CC(=O)O)C2. The molecule has 20 heavy (non-hydrogen) atoms. The molecule has 110 valence electrons. The van der Waals surface area contributed by atoms with Gasteiger partial charge in [-0.25, -0.2) is 4.79 Å². The van der Waals surface area contributed by atoms with Crippen LogP contribution in [-0.4, -0.2) is 40.6 Å². The van der Waals surface area contributed by atoms with Gasteiger partial charge in [0.2, 0.25) is 0 Å². The maximum absolute atomic E-state index is 12.2. The highest BCUT2D eigenvalue weighted by Gasteiger charge is 2.43. The van der Waals surface area contributed by atoms with Crippen molar-refractivity contribution in [2.45, 2.75) is 57.5 Å². The largest absolute Gasteiger partial charge is 0.481 e. The van der Waals surface area contributed by atoms with Crippen molar-refractivity contribution in [3.8, 4) is 11.8 Å². The molecule has 0 aromatic rings. The molecule has 5 heteroatoms. The number of hydrogen-bond acceptors (Lipinski definition) is 2. The number of carboxylic acids is 1. The number of nitrogens with one attached hydrogen (secondary N) is 1. The Morgan fingerprint density at radius 3 is 2.50 bits per heavy atom. The summed E-state index contributed by atoms with van der Waals surface area (Å²) < 4.78 is 0. The molecule has 2 aliphatic rings. The van der Waals surface area contributed by atoms with E-state index in [0.717, 1.165) is 25.7 Å². The number of rotatable bonds is 4. The van der Waals surface area contributed by atoms with E-state index in [9.17, 15) is 9.59 Å². The number of aliphatic carboxylic acids is 1. The molecule has 0 saturated carbocycles. The molecule has 2 atom stereocenters. The van der Waals surface area contributed by atoms with E-state index in [2.05, 4.69) is 17.2 Å². The summed E-state index contributed by atoms with van der Waals surface area (Å²) in [6.07, 6.45) is 4.56. The van der Waals surface area contributed by atoms with Gasteiger partial charge in [-0.2, -0.15) is 0 Å². The van der Waals surface area contributed by atoms with Crippen LogP contribution in [0.4, 0.5) is 4.79 Å². The number of amides is 2. The Kier molecular flexibility index (Phi) is 4.89. The number of hydrogen-bond donors (Lipinski definition) is 2. The van der Waals surface area contributed by atoms with Crippen molar-refractivity contribution in [2.75, 3.05) is 6.54 Å². The molecule has 2 unspecified atom stereocenters. The van der Waals surface area contributed by atoms with Gasteiger partial charge in [0.05, 0.1) is 0 Å². The van der Waals surface area contributed by atoms with E-state index in [4.69, 9.17) is 5.11 Å². The third kappa shape index (κ3) is 3.44. The monoisotopic (exact) mass is 278 g/mol. The predicted octanol–water partition coefficient (Wildman–Crippen LogP) is 1.83. The van der Waals surface area contributed by atoms with E-state index < -0.39 is 5.97 Å². The molecule has 2 rings (SSSR count). The van der Waals surface area contributed by atoms with E-state index in [1.54, 1.807) is 6.92 Å². The highest BCUT2D eigenvalue weighted by Crippen LogP contribution is 2.39. The third-order valence-electron chi connectivity index (χ3n) is 4.23. The predicted molar refractivity (Wildman–Crippen MR) is 75.1 cm³/mol. The van der Waals surface area contributed by atoms with E-state index in [0.29, 0.717) is 13.0 Å². The van der Waals surface area contributed by atoms with Gasteiger partial charge in [0.1, 0.15) is 0 Å². The Labute approximate surface area is 119 Å². The second-order valence-corrected chi connectivity index (χ2v) is 5.64. The molecule has 0 aromatic heterocycles. The third-order valence-corrected chi connectivity index (χ3v) is 4.23. The summed E-state index contributed by atoms with van der Waals surface area (Å²) >= 11 is 0. The van der Waals surface area contributed by atoms with Gasteiger partial charge in [0, 0.05) is 31.5 Å². The van der Waals surface area contributed by atoms with Crippen LogP contribution in [-0.2, 0) is 4.79 Å². The quantitative estimate of drug-likeness (QED) is 0.609. The average Bonchev–Trinajstić information content (AvgIpc) is 2.66. The lowest BCUT2D eigenvalue weighted by atomic mass is 9.88. The number of carbonyl (C=O) groups is 2. The van der Waals surface area contributed by atoms with Crippen LogP contribution in [0.1, 0.15) is 45.4 Å². The number of urea groups is 1. The summed E-state index contributed by atoms with van der Waals surface area (Å²) in [5, 5.41) is 11.8. The lowest BCUT2D eigenvalue weighted by Gasteiger charge is -2.38. The van der Waals surface area contributed by atoms with Gasteiger partial charge in [-0.05, 0) is 38.5 Å². The number of fused-ring (bicyclic) bond motifs is 2. The Balaban J connectivity index is 1.86. The Morgan fingerprint density at radius 1 is 1.30 bits per heavy atom. The van der Waals surface area contributed by atoms with Crippen molar-refractivity contribution >= 4 is 12.0 Å². The van der Waals surface area contributed by atoms with E-state index in [1.165, 1.54) is 0 Å². The molecule has 2 fully saturated rings. The first-order valence-corrected chi connectivity index (χ1v) is 7.29. The minimum Gasteiger partial charge on any atom is -0.481 e. The summed E-state index contributed by atoms with van der Waals surface area (Å²) in [6, 6.07) is 0.426. The summed E-state index contributed by atoms with van der Waals surface area (Å²) in [5.41, 5.74) is 0. The van der Waals surface area contributed by atoms with Crippen LogP contribution in [0.15, 0.2) is 0 Å². The van der Waals surface area contributed by atoms with Crippen LogP contribution in [0.25, 0.3) is 0 Å². The van der Waals surface area contributed by atoms with Gasteiger partial charge in [-0.15, -0.1) is 11.8 Å². The first-order valence-electron chi connectivity index (χ1n) is 7.29. The second-order valence-electron chi connectivity index (χ2n) is 5.64. The summed E-state index contributed by atoms with van der Waals surface area (Å²) in [5.74, 6) is 5.22. The van der Waals surface area contributed by atoms with E-state index >= 15 is 0 Å². The zero-order valence-electron chi connectivity index (χ0n) is 11.9. The van der Waals surface area contributed by atoms with Crippen LogP contribution in [0.2, 0.25) is 0 Å². The molecule has 2 amide bonds. The minimum absolute atomic E-state index is 0.0100. The first kappa shape index (κ1) is 14.7. The molecule has 0 radical (unpaired) electrons.